The molecule has 1 nitrogen and oxygen atoms in total. The van der Waals surface area contributed by atoms with Crippen LogP contribution in [0.3, 0.4) is 0 Å². The Morgan fingerprint density at radius 3 is 2.25 bits per heavy atom. The van der Waals surface area contributed by atoms with E-state index in [-0.39, 0.29) is 11.7 Å². The summed E-state index contributed by atoms with van der Waals surface area (Å²) in [6.45, 7) is 1.74. The standard InChI is InChI=1S/C5H6Cl2O/c1-3-4(8)2-5(3,6)7/h3H,2H2,1H3. The van der Waals surface area contributed by atoms with Gasteiger partial charge in [-0.2, -0.15) is 0 Å². The van der Waals surface area contributed by atoms with E-state index >= 15 is 0 Å². The molecule has 0 spiro atoms. The van der Waals surface area contributed by atoms with E-state index in [2.05, 4.69) is 0 Å². The minimum absolute atomic E-state index is 0.161. The van der Waals surface area contributed by atoms with Crippen molar-refractivity contribution in [2.45, 2.75) is 17.7 Å². The molecule has 0 saturated heterocycles. The summed E-state index contributed by atoms with van der Waals surface area (Å²) in [7, 11) is 0. The second kappa shape index (κ2) is 1.61. The van der Waals surface area contributed by atoms with Crippen LogP contribution in [-0.4, -0.2) is 10.1 Å². The Morgan fingerprint density at radius 1 is 1.75 bits per heavy atom. The predicted octanol–water partition coefficient (Wildman–Crippen LogP) is 1.77. The van der Waals surface area contributed by atoms with Crippen LogP contribution < -0.4 is 0 Å². The smallest absolute Gasteiger partial charge is 0.141 e. The normalized spacial score (nSPS) is 34.4. The molecule has 1 fully saturated rings. The highest BCUT2D eigenvalue weighted by atomic mass is 35.5. The molecule has 0 aromatic rings. The maximum Gasteiger partial charge on any atom is 0.141 e. The van der Waals surface area contributed by atoms with Gasteiger partial charge in [-0.05, 0) is 0 Å². The average molecular weight is 153 g/mol. The lowest BCUT2D eigenvalue weighted by Crippen LogP contribution is -2.44. The Balaban J connectivity index is 2.60. The van der Waals surface area contributed by atoms with Crippen molar-refractivity contribution < 1.29 is 4.79 Å². The van der Waals surface area contributed by atoms with Crippen LogP contribution in [0.4, 0.5) is 0 Å². The predicted molar refractivity (Wildman–Crippen MR) is 33.2 cm³/mol. The monoisotopic (exact) mass is 152 g/mol. The zero-order valence-corrected chi connectivity index (χ0v) is 5.96. The number of carbonyl (C=O) groups excluding carboxylic acids is 1. The molecule has 0 aromatic carbocycles. The van der Waals surface area contributed by atoms with Gasteiger partial charge in [-0.1, -0.05) is 6.92 Å². The van der Waals surface area contributed by atoms with Crippen molar-refractivity contribution >= 4 is 29.0 Å². The number of Topliss-reactive ketones (excluding diaryl/α,β-unsaturated/α-hetero) is 1. The van der Waals surface area contributed by atoms with Crippen molar-refractivity contribution in [3.05, 3.63) is 0 Å². The van der Waals surface area contributed by atoms with Crippen molar-refractivity contribution in [2.75, 3.05) is 0 Å². The van der Waals surface area contributed by atoms with Gasteiger partial charge in [0.2, 0.25) is 0 Å². The molecule has 0 aromatic heterocycles. The minimum Gasteiger partial charge on any atom is -0.299 e. The Kier molecular flexibility index (Phi) is 1.28. The van der Waals surface area contributed by atoms with E-state index < -0.39 is 4.33 Å². The Labute approximate surface area is 58.0 Å². The number of halogens is 2. The highest BCUT2D eigenvalue weighted by Crippen LogP contribution is 2.44. The van der Waals surface area contributed by atoms with Crippen LogP contribution in [0.1, 0.15) is 13.3 Å². The molecule has 8 heavy (non-hydrogen) atoms. The average Bonchev–Trinajstić information content (AvgIpc) is 1.65. The van der Waals surface area contributed by atoms with E-state index in [0.717, 1.165) is 0 Å². The van der Waals surface area contributed by atoms with Crippen LogP contribution in [0.2, 0.25) is 0 Å². The highest BCUT2D eigenvalue weighted by molar-refractivity contribution is 6.52. The number of hydrogen-bond donors (Lipinski definition) is 0. The first-order valence-corrected chi connectivity index (χ1v) is 3.20. The van der Waals surface area contributed by atoms with Gasteiger partial charge < -0.3 is 0 Å². The topological polar surface area (TPSA) is 17.1 Å². The summed E-state index contributed by atoms with van der Waals surface area (Å²) in [6, 6.07) is 0. The molecular formula is C5H6Cl2O. The molecule has 1 aliphatic rings. The summed E-state index contributed by atoms with van der Waals surface area (Å²) in [4.78, 5) is 10.5. The van der Waals surface area contributed by atoms with Gasteiger partial charge in [-0.15, -0.1) is 23.2 Å². The molecule has 1 atom stereocenters. The third kappa shape index (κ3) is 0.741. The molecule has 1 rings (SSSR count). The molecular weight excluding hydrogens is 147 g/mol. The fourth-order valence-electron chi connectivity index (χ4n) is 0.643. The summed E-state index contributed by atoms with van der Waals surface area (Å²) < 4.78 is -0.753. The number of rotatable bonds is 0. The molecule has 0 radical (unpaired) electrons. The molecule has 0 bridgehead atoms. The molecule has 3 heteroatoms. The second-order valence-electron chi connectivity index (χ2n) is 2.13. The van der Waals surface area contributed by atoms with Crippen molar-refractivity contribution in [1.82, 2.24) is 0 Å². The fraction of sp³-hybridized carbons (Fsp3) is 0.800. The van der Waals surface area contributed by atoms with Crippen LogP contribution >= 0.6 is 23.2 Å². The van der Waals surface area contributed by atoms with Crippen LogP contribution in [0.25, 0.3) is 0 Å². The molecule has 1 saturated carbocycles. The number of ketones is 1. The first kappa shape index (κ1) is 6.37. The Morgan fingerprint density at radius 2 is 2.25 bits per heavy atom. The van der Waals surface area contributed by atoms with Gasteiger partial charge in [0.05, 0.1) is 0 Å². The first-order valence-electron chi connectivity index (χ1n) is 2.44. The maximum absolute atomic E-state index is 10.5. The van der Waals surface area contributed by atoms with Gasteiger partial charge in [-0.25, -0.2) is 0 Å². The van der Waals surface area contributed by atoms with E-state index in [1.807, 2.05) is 0 Å². The van der Waals surface area contributed by atoms with E-state index in [4.69, 9.17) is 23.2 Å². The summed E-state index contributed by atoms with van der Waals surface area (Å²) in [6.07, 6.45) is 0.317. The van der Waals surface area contributed by atoms with Crippen molar-refractivity contribution in [3.63, 3.8) is 0 Å². The summed E-state index contributed by atoms with van der Waals surface area (Å²) in [5, 5.41) is 0. The van der Waals surface area contributed by atoms with Gasteiger partial charge in [0.1, 0.15) is 10.1 Å². The number of alkyl halides is 2. The number of hydrogen-bond acceptors (Lipinski definition) is 1. The Hall–Kier alpha value is 0.250. The van der Waals surface area contributed by atoms with Gasteiger partial charge in [0.25, 0.3) is 0 Å². The summed E-state index contributed by atoms with van der Waals surface area (Å²) >= 11 is 11.2. The summed E-state index contributed by atoms with van der Waals surface area (Å²) in [5.74, 6) is 0.000772. The minimum atomic E-state index is -0.753. The highest BCUT2D eigenvalue weighted by Gasteiger charge is 2.48. The molecule has 0 amide bonds. The number of carbonyl (C=O) groups is 1. The van der Waals surface area contributed by atoms with Gasteiger partial charge in [0, 0.05) is 12.3 Å². The zero-order chi connectivity index (χ0) is 6.36. The van der Waals surface area contributed by atoms with Crippen LogP contribution in [0, 0.1) is 5.92 Å². The van der Waals surface area contributed by atoms with Crippen molar-refractivity contribution in [3.8, 4) is 0 Å². The van der Waals surface area contributed by atoms with E-state index in [0.29, 0.717) is 6.42 Å². The second-order valence-corrected chi connectivity index (χ2v) is 3.67. The zero-order valence-electron chi connectivity index (χ0n) is 4.45. The van der Waals surface area contributed by atoms with E-state index in [1.54, 1.807) is 6.92 Å². The quantitative estimate of drug-likeness (QED) is 0.484. The molecule has 1 aliphatic carbocycles. The summed E-state index contributed by atoms with van der Waals surface area (Å²) in [5.41, 5.74) is 0. The molecule has 0 N–H and O–H groups in total. The van der Waals surface area contributed by atoms with Crippen molar-refractivity contribution in [1.29, 1.82) is 0 Å². The largest absolute Gasteiger partial charge is 0.299 e. The molecule has 0 aliphatic heterocycles. The fourth-order valence-corrected chi connectivity index (χ4v) is 1.15. The lowest BCUT2D eigenvalue weighted by atomic mass is 9.84. The first-order chi connectivity index (χ1) is 3.54. The molecule has 46 valence electrons. The SMILES string of the molecule is CC1C(=O)CC1(Cl)Cl. The molecule has 0 heterocycles. The van der Waals surface area contributed by atoms with E-state index in [1.165, 1.54) is 0 Å². The Bertz CT molecular complexity index is 130. The molecule has 1 unspecified atom stereocenters. The lowest BCUT2D eigenvalue weighted by Gasteiger charge is -2.34. The third-order valence-corrected chi connectivity index (χ3v) is 2.45. The van der Waals surface area contributed by atoms with Gasteiger partial charge in [0.15, 0.2) is 0 Å². The van der Waals surface area contributed by atoms with Crippen LogP contribution in [0.15, 0.2) is 0 Å². The van der Waals surface area contributed by atoms with Crippen LogP contribution in [0.5, 0.6) is 0 Å². The van der Waals surface area contributed by atoms with Gasteiger partial charge >= 0.3 is 0 Å². The van der Waals surface area contributed by atoms with E-state index in [9.17, 15) is 4.79 Å². The van der Waals surface area contributed by atoms with Gasteiger partial charge in [-0.3, -0.25) is 4.79 Å². The van der Waals surface area contributed by atoms with Crippen LogP contribution in [-0.2, 0) is 4.79 Å². The lowest BCUT2D eigenvalue weighted by molar-refractivity contribution is -0.129. The maximum atomic E-state index is 10.5. The van der Waals surface area contributed by atoms with Crippen molar-refractivity contribution in [2.24, 2.45) is 5.92 Å². The third-order valence-electron chi connectivity index (χ3n) is 1.53.